The maximum atomic E-state index is 11.1. The van der Waals surface area contributed by atoms with E-state index < -0.39 is 42.0 Å². The first kappa shape index (κ1) is 32.2. The zero-order valence-electron chi connectivity index (χ0n) is 23.3. The summed E-state index contributed by atoms with van der Waals surface area (Å²) in [5.74, 6) is -4.17. The highest BCUT2D eigenvalue weighted by atomic mass is 16.5. The van der Waals surface area contributed by atoms with E-state index >= 15 is 0 Å². The summed E-state index contributed by atoms with van der Waals surface area (Å²) in [6, 6.07) is 22.4. The molecule has 2 heterocycles. The molecule has 0 saturated carbocycles. The third-order valence-corrected chi connectivity index (χ3v) is 7.00. The lowest BCUT2D eigenvalue weighted by atomic mass is 9.84. The highest BCUT2D eigenvalue weighted by molar-refractivity contribution is 5.88. The first-order chi connectivity index (χ1) is 19.9. The summed E-state index contributed by atoms with van der Waals surface area (Å²) in [6.07, 6.45) is 1.02. The maximum absolute atomic E-state index is 11.1. The molecule has 11 heteroatoms. The Morgan fingerprint density at radius 3 is 2.00 bits per heavy atom. The molecule has 4 rings (SSSR count). The molecule has 5 N–H and O–H groups in total. The number of ether oxygens (including phenoxy) is 1. The van der Waals surface area contributed by atoms with E-state index in [0.29, 0.717) is 6.61 Å². The van der Waals surface area contributed by atoms with Crippen molar-refractivity contribution in [2.75, 3.05) is 13.1 Å². The molecule has 11 nitrogen and oxygen atoms in total. The van der Waals surface area contributed by atoms with Gasteiger partial charge in [0.05, 0.1) is 24.1 Å². The van der Waals surface area contributed by atoms with E-state index in [9.17, 15) is 19.5 Å². The molecule has 0 amide bonds. The third-order valence-electron chi connectivity index (χ3n) is 7.00. The average molecular weight is 581 g/mol. The first-order valence-electron chi connectivity index (χ1n) is 13.4. The fourth-order valence-corrected chi connectivity index (χ4v) is 4.54. The molecular formula is C31H36N2O9. The van der Waals surface area contributed by atoms with Crippen molar-refractivity contribution in [3.05, 3.63) is 95.3 Å². The Hall–Kier alpha value is -4.32. The van der Waals surface area contributed by atoms with E-state index in [0.717, 1.165) is 49.5 Å². The molecule has 2 aromatic carbocycles. The van der Waals surface area contributed by atoms with E-state index in [1.807, 2.05) is 30.3 Å². The molecule has 1 aliphatic rings. The van der Waals surface area contributed by atoms with Crippen molar-refractivity contribution in [3.8, 4) is 5.75 Å². The van der Waals surface area contributed by atoms with Crippen LogP contribution >= 0.6 is 0 Å². The molecule has 0 atom stereocenters. The summed E-state index contributed by atoms with van der Waals surface area (Å²) in [5.41, 5.74) is 1.01. The van der Waals surface area contributed by atoms with Gasteiger partial charge in [-0.2, -0.15) is 0 Å². The number of carbonyl (C=O) groups is 3. The molecule has 3 aromatic rings. The number of aryl methyl sites for hydroxylation is 1. The summed E-state index contributed by atoms with van der Waals surface area (Å²) >= 11 is 0. The van der Waals surface area contributed by atoms with Gasteiger partial charge in [0, 0.05) is 25.8 Å². The Balaban J connectivity index is 0.000000316. The van der Waals surface area contributed by atoms with Crippen LogP contribution < -0.4 is 4.74 Å². The van der Waals surface area contributed by atoms with Gasteiger partial charge >= 0.3 is 17.9 Å². The maximum Gasteiger partial charge on any atom is 0.336 e. The Kier molecular flexibility index (Phi) is 11.1. The van der Waals surface area contributed by atoms with Gasteiger partial charge in [0.15, 0.2) is 5.60 Å². The quantitative estimate of drug-likeness (QED) is 0.225. The van der Waals surface area contributed by atoms with Gasteiger partial charge in [0.25, 0.3) is 0 Å². The van der Waals surface area contributed by atoms with Gasteiger partial charge in [-0.3, -0.25) is 19.5 Å². The lowest BCUT2D eigenvalue weighted by Gasteiger charge is -2.38. The molecule has 1 saturated heterocycles. The summed E-state index contributed by atoms with van der Waals surface area (Å²) in [4.78, 5) is 37.2. The summed E-state index contributed by atoms with van der Waals surface area (Å²) in [7, 11) is 0. The van der Waals surface area contributed by atoms with Crippen LogP contribution in [0.4, 0.5) is 0 Å². The number of aromatic nitrogens is 1. The van der Waals surface area contributed by atoms with Gasteiger partial charge in [-0.05, 0) is 55.2 Å². The van der Waals surface area contributed by atoms with Crippen molar-refractivity contribution in [1.29, 1.82) is 0 Å². The smallest absolute Gasteiger partial charge is 0.336 e. The predicted molar refractivity (Wildman–Crippen MR) is 152 cm³/mol. The molecule has 1 aliphatic heterocycles. The number of carboxylic acids is 3. The van der Waals surface area contributed by atoms with E-state index in [1.165, 1.54) is 11.1 Å². The van der Waals surface area contributed by atoms with Crippen molar-refractivity contribution >= 4 is 17.9 Å². The van der Waals surface area contributed by atoms with Crippen molar-refractivity contribution in [1.82, 2.24) is 9.88 Å². The van der Waals surface area contributed by atoms with Crippen LogP contribution in [0.15, 0.2) is 72.9 Å². The van der Waals surface area contributed by atoms with E-state index in [4.69, 9.17) is 25.2 Å². The van der Waals surface area contributed by atoms with Crippen LogP contribution in [-0.4, -0.2) is 72.0 Å². The zero-order chi connectivity index (χ0) is 30.8. The number of likely N-dealkylation sites (tertiary alicyclic amines) is 1. The van der Waals surface area contributed by atoms with Crippen LogP contribution in [0.3, 0.4) is 0 Å². The fourth-order valence-electron chi connectivity index (χ4n) is 4.54. The molecule has 1 aromatic heterocycles. The standard InChI is InChI=1S/C25H28N2O2.C6H8O7/c1-20-5-9-22(10-6-20)25(28)13-16-27(17-14-25)18-21-7-11-24(12-8-21)29-19-23-4-2-3-15-26-23;7-3(8)1-6(13,5(11)12)2-4(9)10/h2-12,15,28H,13-14,16-19H2,1H3;13H,1-2H2,(H,7,8)(H,9,10)(H,11,12). The van der Waals surface area contributed by atoms with Gasteiger partial charge in [0.2, 0.25) is 0 Å². The van der Waals surface area contributed by atoms with Gasteiger partial charge in [-0.25, -0.2) is 4.79 Å². The first-order valence-corrected chi connectivity index (χ1v) is 13.4. The molecule has 1 fully saturated rings. The predicted octanol–water partition coefficient (Wildman–Crippen LogP) is 3.20. The third kappa shape index (κ3) is 9.65. The summed E-state index contributed by atoms with van der Waals surface area (Å²) in [5, 5.41) is 44.9. The number of rotatable bonds is 11. The number of piperidine rings is 1. The number of aliphatic carboxylic acids is 3. The molecule has 0 radical (unpaired) electrons. The minimum absolute atomic E-state index is 0.476. The van der Waals surface area contributed by atoms with Crippen LogP contribution in [-0.2, 0) is 33.1 Å². The van der Waals surface area contributed by atoms with Crippen LogP contribution in [0.5, 0.6) is 5.75 Å². The van der Waals surface area contributed by atoms with Crippen LogP contribution in [0.2, 0.25) is 0 Å². The van der Waals surface area contributed by atoms with Gasteiger partial charge in [0.1, 0.15) is 12.4 Å². The number of aliphatic hydroxyl groups is 2. The Labute approximate surface area is 243 Å². The molecule has 224 valence electrons. The van der Waals surface area contributed by atoms with Gasteiger partial charge in [-0.1, -0.05) is 48.0 Å². The Morgan fingerprint density at radius 1 is 0.905 bits per heavy atom. The van der Waals surface area contributed by atoms with E-state index in [1.54, 1.807) is 6.20 Å². The molecular weight excluding hydrogens is 544 g/mol. The van der Waals surface area contributed by atoms with Crippen LogP contribution in [0.25, 0.3) is 0 Å². The van der Waals surface area contributed by atoms with Crippen molar-refractivity contribution in [2.24, 2.45) is 0 Å². The van der Waals surface area contributed by atoms with Crippen LogP contribution in [0, 0.1) is 6.92 Å². The number of pyridine rings is 1. The SMILES string of the molecule is Cc1ccc(C2(O)CCN(Cc3ccc(OCc4ccccn4)cc3)CC2)cc1.O=C(O)CC(O)(CC(=O)O)C(=O)O. The van der Waals surface area contributed by atoms with Gasteiger partial charge < -0.3 is 30.3 Å². The molecule has 0 spiro atoms. The molecule has 42 heavy (non-hydrogen) atoms. The van der Waals surface area contributed by atoms with Gasteiger partial charge in [-0.15, -0.1) is 0 Å². The second kappa shape index (κ2) is 14.5. The van der Waals surface area contributed by atoms with Crippen molar-refractivity contribution in [2.45, 2.75) is 57.0 Å². The highest BCUT2D eigenvalue weighted by Gasteiger charge is 2.40. The fraction of sp³-hybridized carbons (Fsp3) is 0.355. The topological polar surface area (TPSA) is 178 Å². The Bertz CT molecular complexity index is 1300. The normalized spacial score (nSPS) is 14.7. The highest BCUT2D eigenvalue weighted by Crippen LogP contribution is 2.33. The number of carboxylic acid groups (broad SMARTS) is 3. The number of nitrogens with zero attached hydrogens (tertiary/aromatic N) is 2. The monoisotopic (exact) mass is 580 g/mol. The second-order valence-electron chi connectivity index (χ2n) is 10.4. The average Bonchev–Trinajstić information content (AvgIpc) is 2.94. The lowest BCUT2D eigenvalue weighted by Crippen LogP contribution is -2.42. The largest absolute Gasteiger partial charge is 0.487 e. The molecule has 0 aliphatic carbocycles. The van der Waals surface area contributed by atoms with Crippen LogP contribution in [0.1, 0.15) is 48.1 Å². The summed E-state index contributed by atoms with van der Waals surface area (Å²) < 4.78 is 5.81. The minimum atomic E-state index is -2.74. The Morgan fingerprint density at radius 2 is 1.50 bits per heavy atom. The summed E-state index contributed by atoms with van der Waals surface area (Å²) in [6.45, 7) is 5.23. The van der Waals surface area contributed by atoms with Crippen molar-refractivity contribution < 1.29 is 44.7 Å². The minimum Gasteiger partial charge on any atom is -0.487 e. The number of hydrogen-bond acceptors (Lipinski definition) is 8. The molecule has 0 bridgehead atoms. The molecule has 0 unspecified atom stereocenters. The number of hydrogen-bond donors (Lipinski definition) is 5. The lowest BCUT2D eigenvalue weighted by molar-refractivity contribution is -0.170. The van der Waals surface area contributed by atoms with E-state index in [2.05, 4.69) is 53.2 Å². The zero-order valence-corrected chi connectivity index (χ0v) is 23.3. The van der Waals surface area contributed by atoms with Crippen molar-refractivity contribution in [3.63, 3.8) is 0 Å². The second-order valence-corrected chi connectivity index (χ2v) is 10.4. The number of benzene rings is 2. The van der Waals surface area contributed by atoms with E-state index in [-0.39, 0.29) is 0 Å².